The zero-order chi connectivity index (χ0) is 14.8. The average Bonchev–Trinajstić information content (AvgIpc) is 2.87. The van der Waals surface area contributed by atoms with E-state index in [0.29, 0.717) is 6.04 Å². The van der Waals surface area contributed by atoms with Gasteiger partial charge in [-0.3, -0.25) is 4.68 Å². The molecule has 20 heavy (non-hydrogen) atoms. The largest absolute Gasteiger partial charge is 0.314 e. The van der Waals surface area contributed by atoms with E-state index >= 15 is 0 Å². The molecule has 0 aliphatic carbocycles. The minimum atomic E-state index is 0.616. The zero-order valence-corrected chi connectivity index (χ0v) is 13.7. The fraction of sp³-hybridized carbons (Fsp3) is 0.812. The van der Waals surface area contributed by atoms with Crippen LogP contribution in [0.5, 0.6) is 0 Å². The van der Waals surface area contributed by atoms with Crippen molar-refractivity contribution < 1.29 is 0 Å². The van der Waals surface area contributed by atoms with Crippen molar-refractivity contribution in [2.75, 3.05) is 26.2 Å². The van der Waals surface area contributed by atoms with Gasteiger partial charge in [-0.25, -0.2) is 0 Å². The molecule has 1 N–H and O–H groups in total. The Morgan fingerprint density at radius 1 is 1.25 bits per heavy atom. The van der Waals surface area contributed by atoms with Gasteiger partial charge in [0.05, 0.1) is 0 Å². The van der Waals surface area contributed by atoms with Crippen molar-refractivity contribution in [1.29, 1.82) is 0 Å². The number of hydrogen-bond acceptors (Lipinski definition) is 3. The fourth-order valence-corrected chi connectivity index (χ4v) is 2.54. The number of nitrogens with zero attached hydrogens (tertiary/aromatic N) is 3. The van der Waals surface area contributed by atoms with Gasteiger partial charge in [0, 0.05) is 25.0 Å². The number of aryl methyl sites for hydroxylation is 2. The number of aromatic nitrogens is 2. The Balaban J connectivity index is 2.40. The molecule has 0 aromatic carbocycles. The van der Waals surface area contributed by atoms with Crippen LogP contribution in [0.25, 0.3) is 0 Å². The lowest BCUT2D eigenvalue weighted by molar-refractivity contribution is 0.277. The van der Waals surface area contributed by atoms with Gasteiger partial charge in [-0.05, 0) is 57.9 Å². The minimum absolute atomic E-state index is 0.616. The first-order valence-electron chi connectivity index (χ1n) is 8.13. The molecule has 116 valence electrons. The molecule has 0 aliphatic rings. The lowest BCUT2D eigenvalue weighted by Gasteiger charge is -2.23. The van der Waals surface area contributed by atoms with E-state index in [1.165, 1.54) is 31.5 Å². The van der Waals surface area contributed by atoms with Crippen LogP contribution < -0.4 is 5.32 Å². The average molecular weight is 280 g/mol. The molecule has 4 nitrogen and oxygen atoms in total. The molecule has 1 aromatic heterocycles. The smallest absolute Gasteiger partial charge is 0.0492 e. The van der Waals surface area contributed by atoms with Crippen LogP contribution in [0.2, 0.25) is 0 Å². The summed E-state index contributed by atoms with van der Waals surface area (Å²) in [7, 11) is 2.03. The summed E-state index contributed by atoms with van der Waals surface area (Å²) in [5, 5.41) is 7.94. The maximum absolute atomic E-state index is 4.25. The second kappa shape index (κ2) is 9.94. The lowest BCUT2D eigenvalue weighted by atomic mass is 10.1. The highest BCUT2D eigenvalue weighted by Gasteiger charge is 2.11. The Morgan fingerprint density at radius 3 is 2.55 bits per heavy atom. The standard InChI is InChI=1S/C16H32N4/c1-5-12-17-15(11-14-20(6-2)7-3)8-9-16-10-13-18-19(16)4/h10,13,15,17H,5-9,11-12,14H2,1-4H3. The molecule has 4 heteroatoms. The molecule has 0 radical (unpaired) electrons. The maximum Gasteiger partial charge on any atom is 0.0492 e. The molecule has 0 saturated carbocycles. The Hall–Kier alpha value is -0.870. The van der Waals surface area contributed by atoms with E-state index in [1.807, 2.05) is 17.9 Å². The molecule has 0 saturated heterocycles. The van der Waals surface area contributed by atoms with E-state index in [4.69, 9.17) is 0 Å². The molecule has 1 rings (SSSR count). The first kappa shape index (κ1) is 17.2. The van der Waals surface area contributed by atoms with Crippen molar-refractivity contribution in [2.24, 2.45) is 7.05 Å². The topological polar surface area (TPSA) is 33.1 Å². The molecular formula is C16H32N4. The molecule has 1 atom stereocenters. The van der Waals surface area contributed by atoms with Crippen molar-refractivity contribution in [3.8, 4) is 0 Å². The predicted octanol–water partition coefficient (Wildman–Crippen LogP) is 2.45. The van der Waals surface area contributed by atoms with E-state index in [9.17, 15) is 0 Å². The van der Waals surface area contributed by atoms with Gasteiger partial charge in [-0.2, -0.15) is 5.10 Å². The fourth-order valence-electron chi connectivity index (χ4n) is 2.54. The molecule has 0 fully saturated rings. The highest BCUT2D eigenvalue weighted by molar-refractivity contribution is 5.00. The first-order valence-corrected chi connectivity index (χ1v) is 8.13. The summed E-state index contributed by atoms with van der Waals surface area (Å²) in [6, 6.07) is 2.74. The van der Waals surface area contributed by atoms with Crippen LogP contribution in [0.3, 0.4) is 0 Å². The van der Waals surface area contributed by atoms with E-state index in [-0.39, 0.29) is 0 Å². The minimum Gasteiger partial charge on any atom is -0.314 e. The molecule has 1 heterocycles. The molecule has 0 amide bonds. The molecule has 0 aliphatic heterocycles. The first-order chi connectivity index (χ1) is 9.71. The van der Waals surface area contributed by atoms with Crippen molar-refractivity contribution in [3.05, 3.63) is 18.0 Å². The van der Waals surface area contributed by atoms with Gasteiger partial charge in [0.2, 0.25) is 0 Å². The van der Waals surface area contributed by atoms with Crippen LogP contribution in [0.15, 0.2) is 12.3 Å². The summed E-state index contributed by atoms with van der Waals surface area (Å²) in [5.74, 6) is 0. The van der Waals surface area contributed by atoms with Gasteiger partial charge in [0.1, 0.15) is 0 Å². The Morgan fingerprint density at radius 2 is 2.00 bits per heavy atom. The Labute approximate surface area is 124 Å². The van der Waals surface area contributed by atoms with Crippen LogP contribution in [0, 0.1) is 0 Å². The molecular weight excluding hydrogens is 248 g/mol. The number of nitrogens with one attached hydrogen (secondary N) is 1. The van der Waals surface area contributed by atoms with Crippen LogP contribution >= 0.6 is 0 Å². The zero-order valence-electron chi connectivity index (χ0n) is 13.7. The molecule has 1 unspecified atom stereocenters. The normalized spacial score (nSPS) is 13.1. The highest BCUT2D eigenvalue weighted by atomic mass is 15.2. The van der Waals surface area contributed by atoms with Gasteiger partial charge < -0.3 is 10.2 Å². The Kier molecular flexibility index (Phi) is 8.54. The summed E-state index contributed by atoms with van der Waals surface area (Å²) in [6.07, 6.45) is 6.63. The van der Waals surface area contributed by atoms with Crippen molar-refractivity contribution >= 4 is 0 Å². The second-order valence-corrected chi connectivity index (χ2v) is 5.45. The van der Waals surface area contributed by atoms with E-state index < -0.39 is 0 Å². The summed E-state index contributed by atoms with van der Waals surface area (Å²) in [6.45, 7) is 11.3. The Bertz CT molecular complexity index is 344. The van der Waals surface area contributed by atoms with Gasteiger partial charge in [0.15, 0.2) is 0 Å². The quantitative estimate of drug-likeness (QED) is 0.676. The second-order valence-electron chi connectivity index (χ2n) is 5.45. The van der Waals surface area contributed by atoms with Crippen LogP contribution in [-0.4, -0.2) is 46.9 Å². The van der Waals surface area contributed by atoms with Crippen LogP contribution in [0.4, 0.5) is 0 Å². The van der Waals surface area contributed by atoms with E-state index in [1.54, 1.807) is 0 Å². The maximum atomic E-state index is 4.25. The molecule has 0 spiro atoms. The van der Waals surface area contributed by atoms with Gasteiger partial charge >= 0.3 is 0 Å². The third kappa shape index (κ3) is 6.06. The van der Waals surface area contributed by atoms with Gasteiger partial charge in [-0.15, -0.1) is 0 Å². The van der Waals surface area contributed by atoms with E-state index in [2.05, 4.69) is 42.2 Å². The SMILES string of the molecule is CCCNC(CCc1ccnn1C)CCN(CC)CC. The van der Waals surface area contributed by atoms with Gasteiger partial charge in [-0.1, -0.05) is 20.8 Å². The molecule has 0 bridgehead atoms. The molecule has 1 aromatic rings. The van der Waals surface area contributed by atoms with Crippen molar-refractivity contribution in [3.63, 3.8) is 0 Å². The lowest BCUT2D eigenvalue weighted by Crippen LogP contribution is -2.35. The highest BCUT2D eigenvalue weighted by Crippen LogP contribution is 2.08. The third-order valence-electron chi connectivity index (χ3n) is 4.04. The predicted molar refractivity (Wildman–Crippen MR) is 86.0 cm³/mol. The van der Waals surface area contributed by atoms with Crippen LogP contribution in [-0.2, 0) is 13.5 Å². The summed E-state index contributed by atoms with van der Waals surface area (Å²) in [5.41, 5.74) is 1.33. The third-order valence-corrected chi connectivity index (χ3v) is 4.04. The summed E-state index contributed by atoms with van der Waals surface area (Å²) < 4.78 is 1.99. The number of rotatable bonds is 11. The van der Waals surface area contributed by atoms with Crippen LogP contribution in [0.1, 0.15) is 45.7 Å². The summed E-state index contributed by atoms with van der Waals surface area (Å²) in [4.78, 5) is 2.50. The summed E-state index contributed by atoms with van der Waals surface area (Å²) >= 11 is 0. The number of hydrogen-bond donors (Lipinski definition) is 1. The van der Waals surface area contributed by atoms with Crippen molar-refractivity contribution in [1.82, 2.24) is 20.0 Å². The van der Waals surface area contributed by atoms with E-state index in [0.717, 1.165) is 26.1 Å². The van der Waals surface area contributed by atoms with Crippen molar-refractivity contribution in [2.45, 2.75) is 52.5 Å². The monoisotopic (exact) mass is 280 g/mol. The van der Waals surface area contributed by atoms with Gasteiger partial charge in [0.25, 0.3) is 0 Å².